The van der Waals surface area contributed by atoms with E-state index in [9.17, 15) is 14.4 Å². The molecule has 0 amide bonds. The molecule has 0 spiro atoms. The SMILES string of the molecule is CCCOc1ccc2cc(C(=O)Oc3c(C(=O)OC)ccc4ccccc34)c(=O)oc2c1. The van der Waals surface area contributed by atoms with Gasteiger partial charge < -0.3 is 18.6 Å². The summed E-state index contributed by atoms with van der Waals surface area (Å²) in [5.41, 5.74) is -0.776. The number of rotatable bonds is 6. The number of carbonyl (C=O) groups is 2. The molecule has 7 nitrogen and oxygen atoms in total. The highest BCUT2D eigenvalue weighted by Crippen LogP contribution is 2.31. The second-order valence-corrected chi connectivity index (χ2v) is 7.04. The minimum Gasteiger partial charge on any atom is -0.493 e. The summed E-state index contributed by atoms with van der Waals surface area (Å²) >= 11 is 0. The van der Waals surface area contributed by atoms with Crippen LogP contribution in [0.15, 0.2) is 69.9 Å². The average molecular weight is 432 g/mol. The molecule has 162 valence electrons. The molecule has 0 atom stereocenters. The van der Waals surface area contributed by atoms with Gasteiger partial charge in [0.1, 0.15) is 22.5 Å². The van der Waals surface area contributed by atoms with Gasteiger partial charge >= 0.3 is 17.6 Å². The number of carbonyl (C=O) groups excluding carboxylic acids is 2. The Hall–Kier alpha value is -4.13. The Labute approximate surface area is 183 Å². The second kappa shape index (κ2) is 8.93. The normalized spacial score (nSPS) is 10.8. The molecular weight excluding hydrogens is 412 g/mol. The maximum atomic E-state index is 12.9. The molecule has 0 N–H and O–H groups in total. The van der Waals surface area contributed by atoms with Crippen LogP contribution in [-0.4, -0.2) is 25.7 Å². The van der Waals surface area contributed by atoms with Crippen LogP contribution in [0.1, 0.15) is 34.1 Å². The van der Waals surface area contributed by atoms with E-state index >= 15 is 0 Å². The fourth-order valence-electron chi connectivity index (χ4n) is 3.31. The standard InChI is InChI=1S/C25H20O7/c1-3-12-30-17-10-8-16-13-20(24(27)31-21(16)14-17)25(28)32-22-18-7-5-4-6-15(18)9-11-19(22)23(26)29-2/h4-11,13-14H,3,12H2,1-2H3. The molecule has 7 heteroatoms. The molecule has 1 aromatic heterocycles. The molecule has 0 aliphatic carbocycles. The molecule has 0 aliphatic rings. The maximum Gasteiger partial charge on any atom is 0.351 e. The van der Waals surface area contributed by atoms with Gasteiger partial charge in [-0.25, -0.2) is 14.4 Å². The molecule has 4 rings (SSSR count). The van der Waals surface area contributed by atoms with Gasteiger partial charge in [-0.3, -0.25) is 0 Å². The first kappa shape index (κ1) is 21.1. The average Bonchev–Trinajstić information content (AvgIpc) is 2.81. The zero-order valence-electron chi connectivity index (χ0n) is 17.5. The monoisotopic (exact) mass is 432 g/mol. The zero-order chi connectivity index (χ0) is 22.7. The fourth-order valence-corrected chi connectivity index (χ4v) is 3.31. The van der Waals surface area contributed by atoms with Gasteiger partial charge in [0, 0.05) is 16.8 Å². The predicted octanol–water partition coefficient (Wildman–Crippen LogP) is 4.74. The third-order valence-electron chi connectivity index (χ3n) is 4.88. The summed E-state index contributed by atoms with van der Waals surface area (Å²) in [6, 6.07) is 16.8. The molecule has 0 bridgehead atoms. The molecule has 3 aromatic carbocycles. The lowest BCUT2D eigenvalue weighted by Crippen LogP contribution is -2.20. The van der Waals surface area contributed by atoms with Crippen molar-refractivity contribution in [1.82, 2.24) is 0 Å². The van der Waals surface area contributed by atoms with E-state index in [1.807, 2.05) is 19.1 Å². The molecule has 0 fully saturated rings. The highest BCUT2D eigenvalue weighted by molar-refractivity contribution is 6.04. The van der Waals surface area contributed by atoms with Gasteiger partial charge in [0.25, 0.3) is 0 Å². The molecule has 1 heterocycles. The third-order valence-corrected chi connectivity index (χ3v) is 4.88. The number of fused-ring (bicyclic) bond motifs is 2. The Balaban J connectivity index is 1.74. The molecule has 0 saturated carbocycles. The summed E-state index contributed by atoms with van der Waals surface area (Å²) in [5.74, 6) is -1.02. The summed E-state index contributed by atoms with van der Waals surface area (Å²) in [4.78, 5) is 37.7. The summed E-state index contributed by atoms with van der Waals surface area (Å²) in [7, 11) is 1.24. The minimum atomic E-state index is -0.937. The number of hydrogen-bond acceptors (Lipinski definition) is 7. The van der Waals surface area contributed by atoms with Gasteiger partial charge in [-0.1, -0.05) is 37.3 Å². The number of esters is 2. The van der Waals surface area contributed by atoms with Crippen molar-refractivity contribution < 1.29 is 28.2 Å². The van der Waals surface area contributed by atoms with Crippen molar-refractivity contribution in [1.29, 1.82) is 0 Å². The lowest BCUT2D eigenvalue weighted by molar-refractivity contribution is 0.0593. The minimum absolute atomic E-state index is 0.0164. The van der Waals surface area contributed by atoms with Crippen LogP contribution < -0.4 is 15.1 Å². The molecule has 0 saturated heterocycles. The van der Waals surface area contributed by atoms with Crippen LogP contribution in [0.2, 0.25) is 0 Å². The lowest BCUT2D eigenvalue weighted by atomic mass is 10.1. The van der Waals surface area contributed by atoms with Gasteiger partial charge in [-0.2, -0.15) is 0 Å². The van der Waals surface area contributed by atoms with Crippen LogP contribution in [0.3, 0.4) is 0 Å². The van der Waals surface area contributed by atoms with E-state index in [0.717, 1.165) is 11.8 Å². The van der Waals surface area contributed by atoms with Crippen LogP contribution in [0.5, 0.6) is 11.5 Å². The molecule has 0 unspecified atom stereocenters. The largest absolute Gasteiger partial charge is 0.493 e. The Morgan fingerprint density at radius 3 is 2.47 bits per heavy atom. The maximum absolute atomic E-state index is 12.9. The Bertz CT molecular complexity index is 1380. The second-order valence-electron chi connectivity index (χ2n) is 7.04. The van der Waals surface area contributed by atoms with E-state index in [-0.39, 0.29) is 16.9 Å². The number of benzene rings is 3. The highest BCUT2D eigenvalue weighted by Gasteiger charge is 2.22. The quantitative estimate of drug-likeness (QED) is 0.247. The van der Waals surface area contributed by atoms with Gasteiger partial charge in [0.2, 0.25) is 0 Å². The number of ether oxygens (including phenoxy) is 3. The molecule has 0 aliphatic heterocycles. The Morgan fingerprint density at radius 1 is 0.906 bits per heavy atom. The zero-order valence-corrected chi connectivity index (χ0v) is 17.5. The van der Waals surface area contributed by atoms with Crippen LogP contribution in [0, 0.1) is 0 Å². The van der Waals surface area contributed by atoms with Crippen molar-refractivity contribution >= 4 is 33.7 Å². The lowest BCUT2D eigenvalue weighted by Gasteiger charge is -2.12. The van der Waals surface area contributed by atoms with Gasteiger partial charge in [-0.15, -0.1) is 0 Å². The van der Waals surface area contributed by atoms with E-state index in [0.29, 0.717) is 28.7 Å². The Kier molecular flexibility index (Phi) is 5.89. The predicted molar refractivity (Wildman–Crippen MR) is 119 cm³/mol. The molecule has 32 heavy (non-hydrogen) atoms. The van der Waals surface area contributed by atoms with Crippen molar-refractivity contribution in [2.24, 2.45) is 0 Å². The first-order valence-corrected chi connectivity index (χ1v) is 10.0. The van der Waals surface area contributed by atoms with E-state index in [2.05, 4.69) is 0 Å². The van der Waals surface area contributed by atoms with Crippen molar-refractivity contribution in [3.63, 3.8) is 0 Å². The van der Waals surface area contributed by atoms with Crippen LogP contribution in [-0.2, 0) is 4.74 Å². The van der Waals surface area contributed by atoms with Crippen LogP contribution in [0.25, 0.3) is 21.7 Å². The summed E-state index contributed by atoms with van der Waals surface area (Å²) in [6.45, 7) is 2.52. The molecular formula is C25H20O7. The van der Waals surface area contributed by atoms with Crippen molar-refractivity contribution in [3.05, 3.63) is 82.2 Å². The van der Waals surface area contributed by atoms with E-state index in [1.165, 1.54) is 19.2 Å². The van der Waals surface area contributed by atoms with Crippen LogP contribution in [0.4, 0.5) is 0 Å². The highest BCUT2D eigenvalue weighted by atomic mass is 16.5. The first-order chi connectivity index (χ1) is 15.5. The van der Waals surface area contributed by atoms with Gasteiger partial charge in [-0.05, 0) is 36.1 Å². The number of methoxy groups -OCH3 is 1. The van der Waals surface area contributed by atoms with Gasteiger partial charge in [0.05, 0.1) is 13.7 Å². The molecule has 4 aromatic rings. The van der Waals surface area contributed by atoms with E-state index in [4.69, 9.17) is 18.6 Å². The van der Waals surface area contributed by atoms with E-state index in [1.54, 1.807) is 36.4 Å². The first-order valence-electron chi connectivity index (χ1n) is 10.0. The van der Waals surface area contributed by atoms with Crippen molar-refractivity contribution in [3.8, 4) is 11.5 Å². The fraction of sp³-hybridized carbons (Fsp3) is 0.160. The topological polar surface area (TPSA) is 92.0 Å². The summed E-state index contributed by atoms with van der Waals surface area (Å²) in [5, 5.41) is 1.83. The number of hydrogen-bond donors (Lipinski definition) is 0. The smallest absolute Gasteiger partial charge is 0.351 e. The molecule has 0 radical (unpaired) electrons. The third kappa shape index (κ3) is 4.05. The summed E-state index contributed by atoms with van der Waals surface area (Å²) < 4.78 is 21.2. The van der Waals surface area contributed by atoms with E-state index < -0.39 is 17.6 Å². The van der Waals surface area contributed by atoms with Crippen LogP contribution >= 0.6 is 0 Å². The Morgan fingerprint density at radius 2 is 1.69 bits per heavy atom. The summed E-state index contributed by atoms with van der Waals surface area (Å²) in [6.07, 6.45) is 0.842. The van der Waals surface area contributed by atoms with Gasteiger partial charge in [0.15, 0.2) is 5.75 Å². The van der Waals surface area contributed by atoms with Crippen molar-refractivity contribution in [2.45, 2.75) is 13.3 Å². The van der Waals surface area contributed by atoms with Crippen molar-refractivity contribution in [2.75, 3.05) is 13.7 Å².